The van der Waals surface area contributed by atoms with Gasteiger partial charge in [0.1, 0.15) is 0 Å². The summed E-state index contributed by atoms with van der Waals surface area (Å²) >= 11 is 2.25. The average molecular weight is 316 g/mol. The third-order valence-electron chi connectivity index (χ3n) is 1.92. The van der Waals surface area contributed by atoms with Crippen LogP contribution in [0, 0.1) is 3.57 Å². The van der Waals surface area contributed by atoms with Gasteiger partial charge in [-0.05, 0) is 59.7 Å². The number of halogens is 1. The van der Waals surface area contributed by atoms with Crippen molar-refractivity contribution in [2.75, 3.05) is 6.61 Å². The third kappa shape index (κ3) is 4.03. The van der Waals surface area contributed by atoms with Crippen LogP contribution >= 0.6 is 22.6 Å². The third-order valence-corrected chi connectivity index (χ3v) is 2.64. The smallest absolute Gasteiger partial charge is 0.331 e. The number of esters is 1. The van der Waals surface area contributed by atoms with Crippen LogP contribution in [0.15, 0.2) is 30.3 Å². The van der Waals surface area contributed by atoms with Crippen molar-refractivity contribution in [3.63, 3.8) is 0 Å². The Kier molecular flexibility index (Phi) is 4.81. The highest BCUT2D eigenvalue weighted by Crippen LogP contribution is 2.15. The molecule has 0 saturated carbocycles. The molecule has 1 aromatic rings. The van der Waals surface area contributed by atoms with E-state index in [0.717, 1.165) is 11.1 Å². The molecule has 0 fully saturated rings. The van der Waals surface area contributed by atoms with Crippen LogP contribution in [0.4, 0.5) is 0 Å². The van der Waals surface area contributed by atoms with E-state index >= 15 is 0 Å². The Morgan fingerprint density at radius 2 is 2.00 bits per heavy atom. The lowest BCUT2D eigenvalue weighted by atomic mass is 10.1. The molecule has 0 spiro atoms. The van der Waals surface area contributed by atoms with Crippen molar-refractivity contribution < 1.29 is 9.53 Å². The van der Waals surface area contributed by atoms with E-state index in [9.17, 15) is 4.79 Å². The van der Waals surface area contributed by atoms with E-state index in [1.807, 2.05) is 31.2 Å². The average Bonchev–Trinajstić information content (AvgIpc) is 2.18. The lowest BCUT2D eigenvalue weighted by Gasteiger charge is -2.02. The first-order valence-electron chi connectivity index (χ1n) is 4.74. The molecule has 0 aliphatic carbocycles. The van der Waals surface area contributed by atoms with Crippen molar-refractivity contribution in [1.82, 2.24) is 0 Å². The summed E-state index contributed by atoms with van der Waals surface area (Å²) in [5.41, 5.74) is 1.97. The highest BCUT2D eigenvalue weighted by molar-refractivity contribution is 14.1. The topological polar surface area (TPSA) is 26.3 Å². The lowest BCUT2D eigenvalue weighted by Crippen LogP contribution is -2.00. The van der Waals surface area contributed by atoms with Crippen LogP contribution in [0.2, 0.25) is 0 Å². The van der Waals surface area contributed by atoms with Gasteiger partial charge in [-0.2, -0.15) is 0 Å². The summed E-state index contributed by atoms with van der Waals surface area (Å²) in [6, 6.07) is 8.01. The zero-order chi connectivity index (χ0) is 11.3. The normalized spacial score (nSPS) is 11.3. The Morgan fingerprint density at radius 1 is 1.40 bits per heavy atom. The van der Waals surface area contributed by atoms with E-state index in [4.69, 9.17) is 4.74 Å². The molecule has 0 heterocycles. The Balaban J connectivity index is 2.79. The number of hydrogen-bond donors (Lipinski definition) is 0. The summed E-state index contributed by atoms with van der Waals surface area (Å²) in [5.74, 6) is -0.284. The van der Waals surface area contributed by atoms with Crippen molar-refractivity contribution >= 4 is 34.1 Å². The van der Waals surface area contributed by atoms with Crippen LogP contribution in [0.3, 0.4) is 0 Å². The first-order valence-corrected chi connectivity index (χ1v) is 5.82. The quantitative estimate of drug-likeness (QED) is 0.486. The largest absolute Gasteiger partial charge is 0.463 e. The summed E-state index contributed by atoms with van der Waals surface area (Å²) in [7, 11) is 0. The molecule has 0 bridgehead atoms. The molecule has 0 unspecified atom stereocenters. The Morgan fingerprint density at radius 3 is 2.53 bits per heavy atom. The SMILES string of the molecule is CCOC(=O)C=C(C)c1ccc(I)cc1. The Labute approximate surface area is 103 Å². The van der Waals surface area contributed by atoms with Crippen LogP contribution in [-0.4, -0.2) is 12.6 Å². The van der Waals surface area contributed by atoms with Crippen LogP contribution in [0.1, 0.15) is 19.4 Å². The van der Waals surface area contributed by atoms with Gasteiger partial charge in [-0.1, -0.05) is 12.1 Å². The number of rotatable bonds is 3. The molecule has 0 N–H and O–H groups in total. The van der Waals surface area contributed by atoms with Gasteiger partial charge in [0.2, 0.25) is 0 Å². The molecule has 15 heavy (non-hydrogen) atoms. The summed E-state index contributed by atoms with van der Waals surface area (Å²) in [6.07, 6.45) is 1.52. The van der Waals surface area contributed by atoms with E-state index in [-0.39, 0.29) is 5.97 Å². The maximum Gasteiger partial charge on any atom is 0.331 e. The zero-order valence-corrected chi connectivity index (χ0v) is 10.9. The second-order valence-corrected chi connectivity index (χ2v) is 4.33. The molecular formula is C12H13IO2. The minimum atomic E-state index is -0.284. The Hall–Kier alpha value is -0.840. The van der Waals surface area contributed by atoms with Crippen molar-refractivity contribution in [1.29, 1.82) is 0 Å². The summed E-state index contributed by atoms with van der Waals surface area (Å²) in [4.78, 5) is 11.2. The number of carbonyl (C=O) groups is 1. The highest BCUT2D eigenvalue weighted by atomic mass is 127. The first kappa shape index (κ1) is 12.2. The molecule has 1 rings (SSSR count). The van der Waals surface area contributed by atoms with Gasteiger partial charge in [0, 0.05) is 9.65 Å². The van der Waals surface area contributed by atoms with Gasteiger partial charge in [-0.25, -0.2) is 4.79 Å². The number of ether oxygens (including phenoxy) is 1. The molecule has 0 aromatic heterocycles. The number of allylic oxidation sites excluding steroid dienone is 1. The second kappa shape index (κ2) is 5.90. The summed E-state index contributed by atoms with van der Waals surface area (Å²) < 4.78 is 6.02. The standard InChI is InChI=1S/C12H13IO2/c1-3-15-12(14)8-9(2)10-4-6-11(13)7-5-10/h4-8H,3H2,1-2H3. The second-order valence-electron chi connectivity index (χ2n) is 3.09. The predicted molar refractivity (Wildman–Crippen MR) is 69.4 cm³/mol. The van der Waals surface area contributed by atoms with Crippen LogP contribution < -0.4 is 0 Å². The van der Waals surface area contributed by atoms with E-state index < -0.39 is 0 Å². The maximum atomic E-state index is 11.2. The van der Waals surface area contributed by atoms with Gasteiger partial charge in [-0.15, -0.1) is 0 Å². The number of hydrogen-bond acceptors (Lipinski definition) is 2. The molecule has 0 amide bonds. The van der Waals surface area contributed by atoms with Gasteiger partial charge >= 0.3 is 5.97 Å². The van der Waals surface area contributed by atoms with E-state index in [1.165, 1.54) is 9.65 Å². The minimum Gasteiger partial charge on any atom is -0.463 e. The fraction of sp³-hybridized carbons (Fsp3) is 0.250. The molecule has 2 nitrogen and oxygen atoms in total. The van der Waals surface area contributed by atoms with Gasteiger partial charge in [0.05, 0.1) is 6.61 Å². The molecule has 3 heteroatoms. The van der Waals surface area contributed by atoms with Crippen molar-refractivity contribution in [3.8, 4) is 0 Å². The molecule has 1 aromatic carbocycles. The fourth-order valence-corrected chi connectivity index (χ4v) is 1.52. The summed E-state index contributed by atoms with van der Waals surface area (Å²) in [5, 5.41) is 0. The van der Waals surface area contributed by atoms with E-state index in [1.54, 1.807) is 6.92 Å². The van der Waals surface area contributed by atoms with E-state index in [0.29, 0.717) is 6.61 Å². The van der Waals surface area contributed by atoms with Gasteiger partial charge < -0.3 is 4.74 Å². The highest BCUT2D eigenvalue weighted by Gasteiger charge is 2.00. The maximum absolute atomic E-state index is 11.2. The molecule has 0 atom stereocenters. The lowest BCUT2D eigenvalue weighted by molar-refractivity contribution is -0.137. The molecular weight excluding hydrogens is 303 g/mol. The molecule has 80 valence electrons. The van der Waals surface area contributed by atoms with Crippen molar-refractivity contribution in [2.45, 2.75) is 13.8 Å². The van der Waals surface area contributed by atoms with Crippen LogP contribution in [-0.2, 0) is 9.53 Å². The van der Waals surface area contributed by atoms with Crippen molar-refractivity contribution in [3.05, 3.63) is 39.5 Å². The molecule has 0 saturated heterocycles. The number of benzene rings is 1. The fourth-order valence-electron chi connectivity index (χ4n) is 1.16. The predicted octanol–water partition coefficient (Wildman–Crippen LogP) is 3.26. The van der Waals surface area contributed by atoms with Gasteiger partial charge in [0.25, 0.3) is 0 Å². The van der Waals surface area contributed by atoms with Crippen LogP contribution in [0.5, 0.6) is 0 Å². The van der Waals surface area contributed by atoms with Crippen molar-refractivity contribution in [2.24, 2.45) is 0 Å². The number of carbonyl (C=O) groups excluding carboxylic acids is 1. The van der Waals surface area contributed by atoms with E-state index in [2.05, 4.69) is 22.6 Å². The zero-order valence-electron chi connectivity index (χ0n) is 8.79. The van der Waals surface area contributed by atoms with Gasteiger partial charge in [-0.3, -0.25) is 0 Å². The summed E-state index contributed by atoms with van der Waals surface area (Å²) in [6.45, 7) is 4.11. The molecule has 0 radical (unpaired) electrons. The van der Waals surface area contributed by atoms with Gasteiger partial charge in [0.15, 0.2) is 0 Å². The monoisotopic (exact) mass is 316 g/mol. The Bertz CT molecular complexity index is 366. The minimum absolute atomic E-state index is 0.284. The molecule has 0 aliphatic rings. The first-order chi connectivity index (χ1) is 7.13. The van der Waals surface area contributed by atoms with Crippen LogP contribution in [0.25, 0.3) is 5.57 Å². The molecule has 0 aliphatic heterocycles.